The van der Waals surface area contributed by atoms with Crippen molar-refractivity contribution in [1.29, 1.82) is 0 Å². The molecule has 0 aliphatic carbocycles. The van der Waals surface area contributed by atoms with Gasteiger partial charge in [0.1, 0.15) is 6.04 Å². The number of alkyl halides is 9. The summed E-state index contributed by atoms with van der Waals surface area (Å²) in [6.07, 6.45) is -14.1. The second kappa shape index (κ2) is 12.3. The Morgan fingerprint density at radius 3 is 1.98 bits per heavy atom. The highest BCUT2D eigenvalue weighted by molar-refractivity contribution is 5.90. The summed E-state index contributed by atoms with van der Waals surface area (Å²) in [6, 6.07) is 8.91. The van der Waals surface area contributed by atoms with Crippen molar-refractivity contribution in [2.24, 2.45) is 0 Å². The Balaban J connectivity index is 1.44. The van der Waals surface area contributed by atoms with Gasteiger partial charge in [-0.1, -0.05) is 30.3 Å². The second-order valence-corrected chi connectivity index (χ2v) is 10.7. The molecule has 0 spiro atoms. The average molecular weight is 626 g/mol. The lowest BCUT2D eigenvalue weighted by Gasteiger charge is -2.42. The quantitative estimate of drug-likeness (QED) is 0.392. The predicted octanol–water partition coefficient (Wildman–Crippen LogP) is 5.86. The van der Waals surface area contributed by atoms with Crippen LogP contribution in [0.4, 0.5) is 39.5 Å². The van der Waals surface area contributed by atoms with Crippen LogP contribution in [0.15, 0.2) is 48.5 Å². The number of amides is 2. The highest BCUT2D eigenvalue weighted by Gasteiger charge is 2.48. The minimum Gasteiger partial charge on any atom is -0.376 e. The minimum absolute atomic E-state index is 0.0444. The number of ether oxygens (including phenoxy) is 1. The van der Waals surface area contributed by atoms with Crippen LogP contribution in [0.25, 0.3) is 0 Å². The van der Waals surface area contributed by atoms with Crippen LogP contribution in [-0.2, 0) is 38.7 Å². The van der Waals surface area contributed by atoms with Gasteiger partial charge in [0.15, 0.2) is 0 Å². The molecule has 2 saturated heterocycles. The third kappa shape index (κ3) is 7.80. The number of rotatable bonds is 7. The first-order valence-corrected chi connectivity index (χ1v) is 13.3. The number of nitrogens with one attached hydrogen (secondary N) is 1. The fourth-order valence-electron chi connectivity index (χ4n) is 5.50. The maximum Gasteiger partial charge on any atom is 0.471 e. The van der Waals surface area contributed by atoms with Crippen molar-refractivity contribution in [3.05, 3.63) is 70.8 Å². The molecule has 0 bridgehead atoms. The molecule has 2 heterocycles. The molecule has 1 unspecified atom stereocenters. The molecule has 2 aromatic carbocycles. The van der Waals surface area contributed by atoms with Crippen molar-refractivity contribution in [3.63, 3.8) is 0 Å². The van der Waals surface area contributed by atoms with Crippen molar-refractivity contribution in [3.8, 4) is 0 Å². The van der Waals surface area contributed by atoms with Crippen LogP contribution >= 0.6 is 0 Å². The van der Waals surface area contributed by atoms with Gasteiger partial charge in [-0.15, -0.1) is 0 Å². The van der Waals surface area contributed by atoms with E-state index in [-0.39, 0.29) is 50.7 Å². The molecule has 1 N–H and O–H groups in total. The van der Waals surface area contributed by atoms with Crippen molar-refractivity contribution in [1.82, 2.24) is 15.3 Å². The summed E-state index contributed by atoms with van der Waals surface area (Å²) >= 11 is 0. The highest BCUT2D eigenvalue weighted by atomic mass is 19.4. The number of hydrogen-bond donors (Lipinski definition) is 1. The van der Waals surface area contributed by atoms with E-state index < -0.39 is 59.5 Å². The SMILES string of the molecule is O=C(NN1CCC(COCc2cc(C(F)(F)F)cc(C(F)(F)F)c2)(c2ccccc2)CC1)C1CCCN1C(=O)C(F)(F)F. The van der Waals surface area contributed by atoms with Crippen molar-refractivity contribution >= 4 is 11.8 Å². The van der Waals surface area contributed by atoms with Crippen LogP contribution in [0.2, 0.25) is 0 Å². The summed E-state index contributed by atoms with van der Waals surface area (Å²) < 4.78 is 124. The van der Waals surface area contributed by atoms with Gasteiger partial charge < -0.3 is 9.64 Å². The summed E-state index contributed by atoms with van der Waals surface area (Å²) in [5.41, 5.74) is -0.516. The number of benzene rings is 2. The monoisotopic (exact) mass is 625 g/mol. The zero-order valence-electron chi connectivity index (χ0n) is 22.6. The Hall–Kier alpha value is -3.33. The molecule has 15 heteroatoms. The fourth-order valence-corrected chi connectivity index (χ4v) is 5.50. The maximum absolute atomic E-state index is 13.3. The van der Waals surface area contributed by atoms with Crippen LogP contribution in [-0.4, -0.2) is 60.2 Å². The standard InChI is InChI=1S/C28H28F9N3O3/c29-26(30,31)20-13-18(14-21(15-20)27(32,33)34)16-43-17-25(19-5-2-1-3-6-19)8-11-39(12-9-25)38-23(41)22-7-4-10-40(22)24(42)28(35,36)37/h1-3,5-6,13-15,22H,4,7-12,16-17H2,(H,38,41). The summed E-state index contributed by atoms with van der Waals surface area (Å²) in [6.45, 7) is -0.349. The average Bonchev–Trinajstić information content (AvgIpc) is 3.43. The van der Waals surface area contributed by atoms with E-state index >= 15 is 0 Å². The Labute approximate surface area is 240 Å². The first-order valence-electron chi connectivity index (χ1n) is 13.3. The van der Waals surface area contributed by atoms with Gasteiger partial charge in [-0.25, -0.2) is 5.01 Å². The van der Waals surface area contributed by atoms with Gasteiger partial charge in [0.2, 0.25) is 0 Å². The van der Waals surface area contributed by atoms with Gasteiger partial charge in [0.25, 0.3) is 5.91 Å². The number of piperidine rings is 1. The molecule has 2 amide bonds. The normalized spacial score (nSPS) is 19.8. The van der Waals surface area contributed by atoms with Crippen LogP contribution in [0.5, 0.6) is 0 Å². The molecule has 2 aromatic rings. The molecule has 0 aromatic heterocycles. The summed E-state index contributed by atoms with van der Waals surface area (Å²) in [5, 5.41) is 1.51. The molecular formula is C28H28F9N3O3. The third-order valence-corrected chi connectivity index (χ3v) is 7.73. The van der Waals surface area contributed by atoms with E-state index in [0.29, 0.717) is 29.9 Å². The number of halogens is 9. The Kier molecular flexibility index (Phi) is 9.35. The molecule has 0 radical (unpaired) electrons. The molecule has 2 aliphatic rings. The van der Waals surface area contributed by atoms with Gasteiger partial charge in [0, 0.05) is 25.0 Å². The first-order chi connectivity index (χ1) is 20.0. The molecule has 4 rings (SSSR count). The van der Waals surface area contributed by atoms with E-state index in [9.17, 15) is 49.1 Å². The number of hydrazine groups is 1. The van der Waals surface area contributed by atoms with Crippen molar-refractivity contribution in [2.45, 2.75) is 62.3 Å². The lowest BCUT2D eigenvalue weighted by Crippen LogP contribution is -2.57. The van der Waals surface area contributed by atoms with Gasteiger partial charge in [-0.2, -0.15) is 39.5 Å². The van der Waals surface area contributed by atoms with Gasteiger partial charge in [-0.3, -0.25) is 15.0 Å². The second-order valence-electron chi connectivity index (χ2n) is 10.7. The van der Waals surface area contributed by atoms with Crippen molar-refractivity contribution in [2.75, 3.05) is 26.2 Å². The lowest BCUT2D eigenvalue weighted by molar-refractivity contribution is -0.187. The van der Waals surface area contributed by atoms with Crippen LogP contribution < -0.4 is 5.43 Å². The van der Waals surface area contributed by atoms with E-state index in [1.54, 1.807) is 18.2 Å². The minimum atomic E-state index is -5.11. The van der Waals surface area contributed by atoms with Gasteiger partial charge in [0.05, 0.1) is 24.3 Å². The number of carbonyl (C=O) groups is 2. The Morgan fingerprint density at radius 2 is 1.44 bits per heavy atom. The molecule has 6 nitrogen and oxygen atoms in total. The topological polar surface area (TPSA) is 61.9 Å². The molecule has 43 heavy (non-hydrogen) atoms. The summed E-state index contributed by atoms with van der Waals surface area (Å²) in [4.78, 5) is 25.1. The smallest absolute Gasteiger partial charge is 0.376 e. The molecule has 1 atom stereocenters. The molecular weight excluding hydrogens is 597 g/mol. The van der Waals surface area contributed by atoms with E-state index in [4.69, 9.17) is 4.74 Å². The third-order valence-electron chi connectivity index (χ3n) is 7.73. The summed E-state index contributed by atoms with van der Waals surface area (Å²) in [7, 11) is 0. The summed E-state index contributed by atoms with van der Waals surface area (Å²) in [5.74, 6) is -2.82. The number of likely N-dealkylation sites (tertiary alicyclic amines) is 1. The first kappa shape index (κ1) is 32.6. The highest BCUT2D eigenvalue weighted by Crippen LogP contribution is 2.38. The maximum atomic E-state index is 13.3. The molecule has 2 fully saturated rings. The van der Waals surface area contributed by atoms with Gasteiger partial charge >= 0.3 is 24.4 Å². The number of carbonyl (C=O) groups excluding carboxylic acids is 2. The Bertz CT molecular complexity index is 1260. The fraction of sp³-hybridized carbons (Fsp3) is 0.500. The molecule has 0 saturated carbocycles. The van der Waals surface area contributed by atoms with Crippen LogP contribution in [0.3, 0.4) is 0 Å². The van der Waals surface area contributed by atoms with Crippen LogP contribution in [0, 0.1) is 0 Å². The Morgan fingerprint density at radius 1 is 0.860 bits per heavy atom. The van der Waals surface area contributed by atoms with E-state index in [1.807, 2.05) is 12.1 Å². The number of hydrogen-bond acceptors (Lipinski definition) is 4. The molecule has 236 valence electrons. The number of nitrogens with zero attached hydrogens (tertiary/aromatic N) is 2. The van der Waals surface area contributed by atoms with E-state index in [2.05, 4.69) is 5.43 Å². The van der Waals surface area contributed by atoms with Crippen molar-refractivity contribution < 1.29 is 53.8 Å². The van der Waals surface area contributed by atoms with Crippen LogP contribution in [0.1, 0.15) is 47.9 Å². The van der Waals surface area contributed by atoms with E-state index in [1.165, 1.54) is 5.01 Å². The predicted molar refractivity (Wildman–Crippen MR) is 134 cm³/mol. The van der Waals surface area contributed by atoms with E-state index in [0.717, 1.165) is 5.56 Å². The van der Waals surface area contributed by atoms with Gasteiger partial charge in [-0.05, 0) is 55.0 Å². The lowest BCUT2D eigenvalue weighted by atomic mass is 9.73. The largest absolute Gasteiger partial charge is 0.471 e. The zero-order chi connectivity index (χ0) is 31.6. The zero-order valence-corrected chi connectivity index (χ0v) is 22.6. The molecule has 2 aliphatic heterocycles.